The largest absolute Gasteiger partial charge is 0.352 e. The van der Waals surface area contributed by atoms with Gasteiger partial charge in [-0.3, -0.25) is 4.79 Å². The third kappa shape index (κ3) is 4.56. The Bertz CT molecular complexity index is 574. The summed E-state index contributed by atoms with van der Waals surface area (Å²) in [5, 5.41) is 2.98. The van der Waals surface area contributed by atoms with Gasteiger partial charge in [-0.05, 0) is 50.9 Å². The number of aromatic nitrogens is 2. The van der Waals surface area contributed by atoms with E-state index in [4.69, 9.17) is 0 Å². The van der Waals surface area contributed by atoms with Gasteiger partial charge in [-0.1, -0.05) is 18.6 Å². The average Bonchev–Trinajstić information content (AvgIpc) is 2.63. The van der Waals surface area contributed by atoms with Crippen LogP contribution in [0.4, 0.5) is 5.95 Å². The summed E-state index contributed by atoms with van der Waals surface area (Å²) in [5.41, 5.74) is 2.02. The SMILES string of the molecule is CC1CCN(c2ncc(C(=O)NCCC3=CCCCC3)cn2)CC1. The van der Waals surface area contributed by atoms with Crippen molar-refractivity contribution >= 4 is 11.9 Å². The highest BCUT2D eigenvalue weighted by Crippen LogP contribution is 2.20. The first-order valence-corrected chi connectivity index (χ1v) is 9.25. The fourth-order valence-corrected chi connectivity index (χ4v) is 3.38. The zero-order valence-corrected chi connectivity index (χ0v) is 14.6. The van der Waals surface area contributed by atoms with E-state index < -0.39 is 0 Å². The first kappa shape index (κ1) is 16.9. The second-order valence-electron chi connectivity index (χ2n) is 7.06. The Morgan fingerprint density at radius 3 is 2.67 bits per heavy atom. The van der Waals surface area contributed by atoms with Gasteiger partial charge >= 0.3 is 0 Å². The lowest BCUT2D eigenvalue weighted by atomic mass is 9.97. The molecule has 2 aliphatic rings. The first-order chi connectivity index (χ1) is 11.7. The van der Waals surface area contributed by atoms with E-state index in [1.165, 1.54) is 44.1 Å². The second-order valence-corrected chi connectivity index (χ2v) is 7.06. The van der Waals surface area contributed by atoms with Crippen LogP contribution in [0.1, 0.15) is 62.2 Å². The number of hydrogen-bond donors (Lipinski definition) is 1. The number of hydrogen-bond acceptors (Lipinski definition) is 4. The zero-order valence-electron chi connectivity index (χ0n) is 14.6. The summed E-state index contributed by atoms with van der Waals surface area (Å²) in [6, 6.07) is 0. The van der Waals surface area contributed by atoms with Crippen molar-refractivity contribution in [2.24, 2.45) is 5.92 Å². The second kappa shape index (κ2) is 8.27. The number of amides is 1. The van der Waals surface area contributed by atoms with Gasteiger partial charge in [-0.2, -0.15) is 0 Å². The van der Waals surface area contributed by atoms with E-state index in [2.05, 4.69) is 33.2 Å². The molecule has 1 aromatic rings. The van der Waals surface area contributed by atoms with Crippen LogP contribution in [0.25, 0.3) is 0 Å². The molecule has 24 heavy (non-hydrogen) atoms. The van der Waals surface area contributed by atoms with Crippen LogP contribution >= 0.6 is 0 Å². The van der Waals surface area contributed by atoms with Gasteiger partial charge in [0.2, 0.25) is 5.95 Å². The quantitative estimate of drug-likeness (QED) is 0.842. The van der Waals surface area contributed by atoms with Gasteiger partial charge < -0.3 is 10.2 Å². The highest BCUT2D eigenvalue weighted by atomic mass is 16.1. The average molecular weight is 328 g/mol. The fourth-order valence-electron chi connectivity index (χ4n) is 3.38. The minimum atomic E-state index is -0.0785. The van der Waals surface area contributed by atoms with Crippen LogP contribution < -0.4 is 10.2 Å². The van der Waals surface area contributed by atoms with Crippen molar-refractivity contribution in [3.8, 4) is 0 Å². The number of rotatable bonds is 5. The molecule has 2 heterocycles. The monoisotopic (exact) mass is 328 g/mol. The number of allylic oxidation sites excluding steroid dienone is 1. The van der Waals surface area contributed by atoms with Gasteiger partial charge in [0.15, 0.2) is 0 Å². The summed E-state index contributed by atoms with van der Waals surface area (Å²) in [5.74, 6) is 1.45. The van der Waals surface area contributed by atoms with Crippen LogP contribution in [0.15, 0.2) is 24.0 Å². The molecule has 3 rings (SSSR count). The molecule has 0 saturated carbocycles. The van der Waals surface area contributed by atoms with Gasteiger partial charge in [0.1, 0.15) is 0 Å². The Balaban J connectivity index is 1.47. The van der Waals surface area contributed by atoms with Crippen LogP contribution in [0.3, 0.4) is 0 Å². The molecule has 5 nitrogen and oxygen atoms in total. The van der Waals surface area contributed by atoms with E-state index in [0.717, 1.165) is 31.4 Å². The highest BCUT2D eigenvalue weighted by Gasteiger charge is 2.18. The molecule has 1 saturated heterocycles. The van der Waals surface area contributed by atoms with Gasteiger partial charge in [0.25, 0.3) is 5.91 Å². The number of carbonyl (C=O) groups is 1. The van der Waals surface area contributed by atoms with Crippen molar-refractivity contribution in [3.63, 3.8) is 0 Å². The predicted octanol–water partition coefficient (Wildman–Crippen LogP) is 3.33. The van der Waals surface area contributed by atoms with Crippen molar-refractivity contribution in [2.45, 2.75) is 51.9 Å². The number of carbonyl (C=O) groups excluding carboxylic acids is 1. The normalized spacial score (nSPS) is 19.0. The molecule has 0 unspecified atom stereocenters. The van der Waals surface area contributed by atoms with Crippen molar-refractivity contribution in [1.29, 1.82) is 0 Å². The molecule has 5 heteroatoms. The summed E-state index contributed by atoms with van der Waals surface area (Å²) < 4.78 is 0. The van der Waals surface area contributed by atoms with Crippen molar-refractivity contribution in [1.82, 2.24) is 15.3 Å². The lowest BCUT2D eigenvalue weighted by Crippen LogP contribution is -2.34. The maximum absolute atomic E-state index is 12.2. The first-order valence-electron chi connectivity index (χ1n) is 9.25. The van der Waals surface area contributed by atoms with E-state index in [9.17, 15) is 4.79 Å². The molecular formula is C19H28N4O. The van der Waals surface area contributed by atoms with Crippen LogP contribution in [0, 0.1) is 5.92 Å². The molecular weight excluding hydrogens is 300 g/mol. The lowest BCUT2D eigenvalue weighted by Gasteiger charge is -2.30. The fraction of sp³-hybridized carbons (Fsp3) is 0.632. The molecule has 1 aromatic heterocycles. The topological polar surface area (TPSA) is 58.1 Å². The van der Waals surface area contributed by atoms with E-state index in [1.54, 1.807) is 12.4 Å². The summed E-state index contributed by atoms with van der Waals surface area (Å²) in [4.78, 5) is 23.2. The molecule has 0 aromatic carbocycles. The van der Waals surface area contributed by atoms with Crippen molar-refractivity contribution < 1.29 is 4.79 Å². The molecule has 1 amide bonds. The molecule has 1 N–H and O–H groups in total. The smallest absolute Gasteiger partial charge is 0.254 e. The molecule has 0 radical (unpaired) electrons. The number of nitrogens with zero attached hydrogens (tertiary/aromatic N) is 3. The molecule has 1 aliphatic carbocycles. The van der Waals surface area contributed by atoms with E-state index >= 15 is 0 Å². The summed E-state index contributed by atoms with van der Waals surface area (Å²) in [6.07, 6.45) is 13.9. The highest BCUT2D eigenvalue weighted by molar-refractivity contribution is 5.93. The minimum absolute atomic E-state index is 0.0785. The number of anilines is 1. The summed E-state index contributed by atoms with van der Waals surface area (Å²) in [7, 11) is 0. The lowest BCUT2D eigenvalue weighted by molar-refractivity contribution is 0.0953. The van der Waals surface area contributed by atoms with Gasteiger partial charge in [0.05, 0.1) is 5.56 Å². The molecule has 1 aliphatic heterocycles. The Morgan fingerprint density at radius 1 is 1.25 bits per heavy atom. The minimum Gasteiger partial charge on any atom is -0.352 e. The summed E-state index contributed by atoms with van der Waals surface area (Å²) in [6.45, 7) is 4.98. The van der Waals surface area contributed by atoms with Crippen LogP contribution in [-0.4, -0.2) is 35.5 Å². The van der Waals surface area contributed by atoms with E-state index in [1.807, 2.05) is 0 Å². The third-order valence-corrected chi connectivity index (χ3v) is 5.08. The van der Waals surface area contributed by atoms with Gasteiger partial charge in [0, 0.05) is 32.0 Å². The van der Waals surface area contributed by atoms with Crippen LogP contribution in [0.2, 0.25) is 0 Å². The number of piperidine rings is 1. The number of nitrogens with one attached hydrogen (secondary N) is 1. The maximum atomic E-state index is 12.2. The van der Waals surface area contributed by atoms with Crippen molar-refractivity contribution in [3.05, 3.63) is 29.6 Å². The molecule has 130 valence electrons. The maximum Gasteiger partial charge on any atom is 0.254 e. The predicted molar refractivity (Wildman–Crippen MR) is 96.1 cm³/mol. The molecule has 0 spiro atoms. The standard InChI is InChI=1S/C19H28N4O/c1-15-8-11-23(12-9-15)19-21-13-17(14-22-19)18(24)20-10-7-16-5-3-2-4-6-16/h5,13-15H,2-4,6-12H2,1H3,(H,20,24). The van der Waals surface area contributed by atoms with Crippen LogP contribution in [-0.2, 0) is 0 Å². The Labute approximate surface area is 144 Å². The van der Waals surface area contributed by atoms with Crippen molar-refractivity contribution in [2.75, 3.05) is 24.5 Å². The summed E-state index contributed by atoms with van der Waals surface area (Å²) >= 11 is 0. The Morgan fingerprint density at radius 2 is 2.00 bits per heavy atom. The molecule has 1 fully saturated rings. The molecule has 0 bridgehead atoms. The van der Waals surface area contributed by atoms with Gasteiger partial charge in [-0.15, -0.1) is 0 Å². The zero-order chi connectivity index (χ0) is 16.8. The molecule has 0 atom stereocenters. The van der Waals surface area contributed by atoms with E-state index in [0.29, 0.717) is 12.1 Å². The van der Waals surface area contributed by atoms with E-state index in [-0.39, 0.29) is 5.91 Å². The van der Waals surface area contributed by atoms with Gasteiger partial charge in [-0.25, -0.2) is 9.97 Å². The Kier molecular flexibility index (Phi) is 5.83. The third-order valence-electron chi connectivity index (χ3n) is 5.08. The van der Waals surface area contributed by atoms with Crippen LogP contribution in [0.5, 0.6) is 0 Å². The Hall–Kier alpha value is -1.91.